The van der Waals surface area contributed by atoms with Crippen LogP contribution in [-0.2, 0) is 16.1 Å². The molecule has 2 amide bonds. The molecule has 1 saturated carbocycles. The number of benzene rings is 2. The summed E-state index contributed by atoms with van der Waals surface area (Å²) >= 11 is 3.50. The van der Waals surface area contributed by atoms with Gasteiger partial charge in [-0.25, -0.2) is 0 Å². The third-order valence-electron chi connectivity index (χ3n) is 9.10. The number of carbonyl (C=O) groups is 2. The molecule has 2 aromatic rings. The molecule has 0 unspecified atom stereocenters. The van der Waals surface area contributed by atoms with E-state index in [1.807, 2.05) is 0 Å². The fourth-order valence-electron chi connectivity index (χ4n) is 6.72. The van der Waals surface area contributed by atoms with E-state index in [1.165, 1.54) is 11.1 Å². The first-order valence-electron chi connectivity index (χ1n) is 13.6. The van der Waals surface area contributed by atoms with Crippen molar-refractivity contribution in [3.63, 3.8) is 0 Å². The van der Waals surface area contributed by atoms with Gasteiger partial charge in [-0.2, -0.15) is 0 Å². The average molecular weight is 551 g/mol. The van der Waals surface area contributed by atoms with Gasteiger partial charge in [-0.15, -0.1) is 0 Å². The van der Waals surface area contributed by atoms with E-state index in [9.17, 15) is 9.59 Å². The summed E-state index contributed by atoms with van der Waals surface area (Å²) in [6.07, 6.45) is 5.02. The van der Waals surface area contributed by atoms with Crippen LogP contribution in [0.4, 0.5) is 0 Å². The summed E-state index contributed by atoms with van der Waals surface area (Å²) in [4.78, 5) is 33.1. The minimum atomic E-state index is -0.172. The Morgan fingerprint density at radius 2 is 1.61 bits per heavy atom. The lowest BCUT2D eigenvalue weighted by atomic mass is 9.76. The summed E-state index contributed by atoms with van der Waals surface area (Å²) in [5.74, 6) is 1.87. The van der Waals surface area contributed by atoms with Crippen molar-refractivity contribution >= 4 is 27.7 Å². The Balaban J connectivity index is 1.08. The van der Waals surface area contributed by atoms with E-state index < -0.39 is 0 Å². The number of amides is 2. The SMILES string of the molecule is O=C(C1CC1)N1C[C@H](CN2CCC3(CC2)CCN(Cc2ccc(Br)cc2)C3=O)[C@@H](c2ccccc2)C1. The number of carbonyl (C=O) groups excluding carboxylic acids is 2. The molecule has 190 valence electrons. The van der Waals surface area contributed by atoms with E-state index >= 15 is 0 Å². The molecule has 4 fully saturated rings. The molecule has 3 aliphatic heterocycles. The first kappa shape index (κ1) is 24.2. The summed E-state index contributed by atoms with van der Waals surface area (Å²) in [7, 11) is 0. The van der Waals surface area contributed by atoms with Crippen molar-refractivity contribution in [3.8, 4) is 0 Å². The molecule has 3 saturated heterocycles. The number of hydrogen-bond donors (Lipinski definition) is 0. The number of piperidine rings is 1. The molecule has 1 aliphatic carbocycles. The maximum absolute atomic E-state index is 13.5. The van der Waals surface area contributed by atoms with Crippen LogP contribution in [0.1, 0.15) is 49.1 Å². The van der Waals surface area contributed by atoms with Gasteiger partial charge in [-0.05, 0) is 74.4 Å². The number of nitrogens with zero attached hydrogens (tertiary/aromatic N) is 3. The van der Waals surface area contributed by atoms with Crippen molar-refractivity contribution in [2.24, 2.45) is 17.3 Å². The van der Waals surface area contributed by atoms with Gasteiger partial charge < -0.3 is 14.7 Å². The third kappa shape index (κ3) is 4.87. The third-order valence-corrected chi connectivity index (χ3v) is 9.63. The van der Waals surface area contributed by atoms with Crippen LogP contribution in [-0.4, -0.2) is 65.8 Å². The van der Waals surface area contributed by atoms with E-state index in [0.29, 0.717) is 30.2 Å². The van der Waals surface area contributed by atoms with Gasteiger partial charge in [-0.3, -0.25) is 9.59 Å². The number of hydrogen-bond acceptors (Lipinski definition) is 3. The van der Waals surface area contributed by atoms with Gasteiger partial charge in [0, 0.05) is 49.0 Å². The van der Waals surface area contributed by atoms with Gasteiger partial charge in [0.2, 0.25) is 11.8 Å². The van der Waals surface area contributed by atoms with Crippen molar-refractivity contribution in [2.45, 2.75) is 44.6 Å². The highest BCUT2D eigenvalue weighted by Crippen LogP contribution is 2.43. The normalized spacial score (nSPS) is 26.2. The zero-order valence-electron chi connectivity index (χ0n) is 20.9. The highest BCUT2D eigenvalue weighted by Gasteiger charge is 2.49. The largest absolute Gasteiger partial charge is 0.341 e. The van der Waals surface area contributed by atoms with Crippen molar-refractivity contribution in [2.75, 3.05) is 39.3 Å². The van der Waals surface area contributed by atoms with E-state index in [0.717, 1.165) is 75.8 Å². The Morgan fingerprint density at radius 3 is 2.31 bits per heavy atom. The Hall–Kier alpha value is -2.18. The second kappa shape index (κ2) is 9.94. The van der Waals surface area contributed by atoms with Gasteiger partial charge >= 0.3 is 0 Å². The van der Waals surface area contributed by atoms with E-state index in [4.69, 9.17) is 0 Å². The predicted octanol–water partition coefficient (Wildman–Crippen LogP) is 4.92. The Morgan fingerprint density at radius 1 is 0.917 bits per heavy atom. The molecule has 0 N–H and O–H groups in total. The molecule has 6 rings (SSSR count). The highest BCUT2D eigenvalue weighted by molar-refractivity contribution is 9.10. The quantitative estimate of drug-likeness (QED) is 0.513. The summed E-state index contributed by atoms with van der Waals surface area (Å²) < 4.78 is 1.07. The predicted molar refractivity (Wildman–Crippen MR) is 144 cm³/mol. The minimum Gasteiger partial charge on any atom is -0.341 e. The van der Waals surface area contributed by atoms with Gasteiger partial charge in [0.15, 0.2) is 0 Å². The van der Waals surface area contributed by atoms with Crippen LogP contribution in [0.25, 0.3) is 0 Å². The molecular formula is C30H36BrN3O2. The van der Waals surface area contributed by atoms with Crippen molar-refractivity contribution in [3.05, 3.63) is 70.2 Å². The number of rotatable bonds is 6. The van der Waals surface area contributed by atoms with E-state index in [-0.39, 0.29) is 11.3 Å². The van der Waals surface area contributed by atoms with Crippen molar-refractivity contribution in [1.82, 2.24) is 14.7 Å². The highest BCUT2D eigenvalue weighted by atomic mass is 79.9. The van der Waals surface area contributed by atoms with Gasteiger partial charge in [0.1, 0.15) is 0 Å². The average Bonchev–Trinajstić information content (AvgIpc) is 3.61. The lowest BCUT2D eigenvalue weighted by Crippen LogP contribution is -2.46. The van der Waals surface area contributed by atoms with Crippen LogP contribution in [0.5, 0.6) is 0 Å². The lowest BCUT2D eigenvalue weighted by Gasteiger charge is -2.39. The second-order valence-electron chi connectivity index (χ2n) is 11.5. The van der Waals surface area contributed by atoms with Crippen molar-refractivity contribution < 1.29 is 9.59 Å². The van der Waals surface area contributed by atoms with Gasteiger partial charge in [0.25, 0.3) is 0 Å². The van der Waals surface area contributed by atoms with E-state index in [1.54, 1.807) is 0 Å². The topological polar surface area (TPSA) is 43.9 Å². The van der Waals surface area contributed by atoms with Gasteiger partial charge in [0.05, 0.1) is 5.41 Å². The molecule has 4 aliphatic rings. The van der Waals surface area contributed by atoms with Gasteiger partial charge in [-0.1, -0.05) is 58.4 Å². The molecular weight excluding hydrogens is 514 g/mol. The molecule has 2 atom stereocenters. The minimum absolute atomic E-state index is 0.172. The Labute approximate surface area is 223 Å². The van der Waals surface area contributed by atoms with E-state index in [2.05, 4.69) is 85.2 Å². The maximum Gasteiger partial charge on any atom is 0.229 e. The van der Waals surface area contributed by atoms with Crippen LogP contribution in [0.15, 0.2) is 59.1 Å². The number of halogens is 1. The summed E-state index contributed by atoms with van der Waals surface area (Å²) in [5.41, 5.74) is 2.38. The smallest absolute Gasteiger partial charge is 0.229 e. The number of likely N-dealkylation sites (tertiary alicyclic amines) is 3. The molecule has 5 nitrogen and oxygen atoms in total. The molecule has 3 heterocycles. The first-order valence-corrected chi connectivity index (χ1v) is 14.4. The zero-order chi connectivity index (χ0) is 24.7. The summed E-state index contributed by atoms with van der Waals surface area (Å²) in [6, 6.07) is 19.1. The van der Waals surface area contributed by atoms with Crippen LogP contribution in [0, 0.1) is 17.3 Å². The molecule has 0 bridgehead atoms. The molecule has 6 heteroatoms. The Bertz CT molecular complexity index is 1090. The van der Waals surface area contributed by atoms with Crippen LogP contribution < -0.4 is 0 Å². The molecule has 2 aromatic carbocycles. The molecule has 1 spiro atoms. The fourth-order valence-corrected chi connectivity index (χ4v) is 6.98. The van der Waals surface area contributed by atoms with Crippen LogP contribution in [0.3, 0.4) is 0 Å². The van der Waals surface area contributed by atoms with Crippen molar-refractivity contribution in [1.29, 1.82) is 0 Å². The second-order valence-corrected chi connectivity index (χ2v) is 12.4. The summed E-state index contributed by atoms with van der Waals surface area (Å²) in [6.45, 7) is 6.27. The standard InChI is InChI=1S/C30H36BrN3O2/c31-26-10-6-22(7-11-26)18-33-17-14-30(29(33)36)12-15-32(16-13-30)19-25-20-34(28(35)24-8-9-24)21-27(25)23-4-2-1-3-5-23/h1-7,10-11,24-25,27H,8-9,12-21H2/t25-,27+/m0/s1. The van der Waals surface area contributed by atoms with Crippen LogP contribution >= 0.6 is 15.9 Å². The zero-order valence-corrected chi connectivity index (χ0v) is 22.5. The molecule has 36 heavy (non-hydrogen) atoms. The first-order chi connectivity index (χ1) is 17.5. The van der Waals surface area contributed by atoms with Crippen LogP contribution in [0.2, 0.25) is 0 Å². The monoisotopic (exact) mass is 549 g/mol. The fraction of sp³-hybridized carbons (Fsp3) is 0.533. The molecule has 0 aromatic heterocycles. The Kier molecular flexibility index (Phi) is 6.67. The lowest BCUT2D eigenvalue weighted by molar-refractivity contribution is -0.139. The summed E-state index contributed by atoms with van der Waals surface area (Å²) in [5, 5.41) is 0. The maximum atomic E-state index is 13.5. The molecule has 0 radical (unpaired) electrons.